The fraction of sp³-hybridized carbons (Fsp3) is 0.750. The molecule has 0 aromatic carbocycles. The van der Waals surface area contributed by atoms with Crippen LogP contribution in [0.25, 0.3) is 0 Å². The maximum absolute atomic E-state index is 10.7. The first-order valence-electron chi connectivity index (χ1n) is 2.68. The molecule has 2 aliphatic heterocycles. The Morgan fingerprint density at radius 3 is 3.56 bits per heavy atom. The van der Waals surface area contributed by atoms with Crippen LogP contribution in [-0.4, -0.2) is 28.3 Å². The molecule has 0 amide bonds. The molecule has 48 valence electrons. The number of carbonyl (C=O) groups excluding carboxylic acids is 1. The molecule has 0 aromatic rings. The molecule has 0 N–H and O–H groups in total. The standard InChI is InChI=1S/C4H5N2O2S/c7-4-3-6(5-8-4)1-2-9-3/h3H,1-2H2/q+1. The molecule has 1 fully saturated rings. The summed E-state index contributed by atoms with van der Waals surface area (Å²) in [5, 5.41) is 3.41. The Hall–Kier alpha value is -0.580. The molecule has 0 aromatic heterocycles. The highest BCUT2D eigenvalue weighted by Crippen LogP contribution is 2.24. The van der Waals surface area contributed by atoms with Gasteiger partial charge in [0.15, 0.2) is 11.8 Å². The zero-order valence-electron chi connectivity index (χ0n) is 4.61. The molecule has 0 radical (unpaired) electrons. The Bertz CT molecular complexity index is 191. The molecule has 2 aliphatic rings. The lowest BCUT2D eigenvalue weighted by molar-refractivity contribution is -0.586. The van der Waals surface area contributed by atoms with Crippen LogP contribution in [0.3, 0.4) is 0 Å². The van der Waals surface area contributed by atoms with Gasteiger partial charge >= 0.3 is 11.3 Å². The average Bonchev–Trinajstić information content (AvgIpc) is 2.35. The quantitative estimate of drug-likeness (QED) is 0.450. The van der Waals surface area contributed by atoms with E-state index in [1.807, 2.05) is 0 Å². The average molecular weight is 145 g/mol. The Morgan fingerprint density at radius 1 is 1.89 bits per heavy atom. The third kappa shape index (κ3) is 0.642. The summed E-state index contributed by atoms with van der Waals surface area (Å²) in [6.45, 7) is 0.834. The smallest absolute Gasteiger partial charge is 0.260 e. The van der Waals surface area contributed by atoms with Gasteiger partial charge in [0.1, 0.15) is 0 Å². The maximum atomic E-state index is 10.7. The fourth-order valence-corrected chi connectivity index (χ4v) is 1.88. The van der Waals surface area contributed by atoms with Gasteiger partial charge in [-0.05, 0) is 0 Å². The van der Waals surface area contributed by atoms with Gasteiger partial charge in [-0.15, -0.1) is 0 Å². The minimum absolute atomic E-state index is 0.134. The summed E-state index contributed by atoms with van der Waals surface area (Å²) in [7, 11) is 0. The van der Waals surface area contributed by atoms with Gasteiger partial charge < -0.3 is 0 Å². The van der Waals surface area contributed by atoms with Crippen molar-refractivity contribution in [3.8, 4) is 0 Å². The Kier molecular flexibility index (Phi) is 0.986. The number of thioether (sulfide) groups is 1. The summed E-state index contributed by atoms with van der Waals surface area (Å²) in [5.41, 5.74) is 0. The molecule has 0 aliphatic carbocycles. The monoisotopic (exact) mass is 145 g/mol. The molecule has 0 saturated carbocycles. The SMILES string of the molecule is O=C1ON=[N+]2CCSC12. The maximum Gasteiger partial charge on any atom is 0.421 e. The van der Waals surface area contributed by atoms with Crippen molar-refractivity contribution in [2.45, 2.75) is 5.37 Å². The first kappa shape index (κ1) is 5.22. The topological polar surface area (TPSA) is 41.7 Å². The van der Waals surface area contributed by atoms with Crippen LogP contribution in [0.1, 0.15) is 0 Å². The minimum atomic E-state index is -0.225. The molecular formula is C4H5N2O2S+. The van der Waals surface area contributed by atoms with Crippen molar-refractivity contribution in [3.63, 3.8) is 0 Å². The second kappa shape index (κ2) is 1.70. The van der Waals surface area contributed by atoms with Crippen LogP contribution in [0.4, 0.5) is 0 Å². The number of carbonyl (C=O) groups is 1. The third-order valence-corrected chi connectivity index (χ3v) is 2.47. The molecule has 5 heteroatoms. The van der Waals surface area contributed by atoms with E-state index in [1.54, 1.807) is 16.5 Å². The van der Waals surface area contributed by atoms with Crippen LogP contribution in [0.15, 0.2) is 5.28 Å². The molecule has 0 spiro atoms. The van der Waals surface area contributed by atoms with Crippen LogP contribution < -0.4 is 0 Å². The molecule has 2 rings (SSSR count). The normalized spacial score (nSPS) is 31.8. The van der Waals surface area contributed by atoms with E-state index < -0.39 is 0 Å². The third-order valence-electron chi connectivity index (χ3n) is 1.30. The van der Waals surface area contributed by atoms with Gasteiger partial charge in [0.05, 0.1) is 5.75 Å². The highest BCUT2D eigenvalue weighted by atomic mass is 32.2. The highest BCUT2D eigenvalue weighted by molar-refractivity contribution is 8.00. The predicted molar refractivity (Wildman–Crippen MR) is 29.9 cm³/mol. The Labute approximate surface area is 55.8 Å². The molecule has 1 saturated heterocycles. The summed E-state index contributed by atoms with van der Waals surface area (Å²) in [5.74, 6) is 0.751. The van der Waals surface area contributed by atoms with E-state index in [0.717, 1.165) is 12.3 Å². The zero-order chi connectivity index (χ0) is 6.27. The minimum Gasteiger partial charge on any atom is -0.260 e. The van der Waals surface area contributed by atoms with Crippen molar-refractivity contribution in [3.05, 3.63) is 0 Å². The second-order valence-corrected chi connectivity index (χ2v) is 3.07. The molecule has 4 nitrogen and oxygen atoms in total. The van der Waals surface area contributed by atoms with Crippen molar-refractivity contribution in [2.75, 3.05) is 12.3 Å². The van der Waals surface area contributed by atoms with E-state index in [9.17, 15) is 4.79 Å². The van der Waals surface area contributed by atoms with Gasteiger partial charge in [-0.2, -0.15) is 0 Å². The summed E-state index contributed by atoms with van der Waals surface area (Å²) in [6, 6.07) is 0. The molecule has 1 atom stereocenters. The lowest BCUT2D eigenvalue weighted by atomic mass is 10.6. The molecule has 9 heavy (non-hydrogen) atoms. The Morgan fingerprint density at radius 2 is 2.78 bits per heavy atom. The van der Waals surface area contributed by atoms with Gasteiger partial charge in [-0.1, -0.05) is 16.5 Å². The summed E-state index contributed by atoms with van der Waals surface area (Å²) in [6.07, 6.45) is 0. The molecule has 2 heterocycles. The predicted octanol–water partition coefficient (Wildman–Crippen LogP) is -0.00420. The van der Waals surface area contributed by atoms with Crippen molar-refractivity contribution in [2.24, 2.45) is 5.28 Å². The van der Waals surface area contributed by atoms with Crippen molar-refractivity contribution < 1.29 is 14.3 Å². The highest BCUT2D eigenvalue weighted by Gasteiger charge is 2.45. The number of fused-ring (bicyclic) bond motifs is 1. The zero-order valence-corrected chi connectivity index (χ0v) is 5.43. The van der Waals surface area contributed by atoms with E-state index in [0.29, 0.717) is 0 Å². The van der Waals surface area contributed by atoms with Gasteiger partial charge in [0.25, 0.3) is 0 Å². The largest absolute Gasteiger partial charge is 0.421 e. The van der Waals surface area contributed by atoms with Crippen molar-refractivity contribution >= 4 is 17.7 Å². The van der Waals surface area contributed by atoms with Gasteiger partial charge in [0, 0.05) is 0 Å². The molecule has 0 bridgehead atoms. The first-order chi connectivity index (χ1) is 4.38. The summed E-state index contributed by atoms with van der Waals surface area (Å²) < 4.78 is 1.67. The number of hydrogen-bond acceptors (Lipinski definition) is 4. The lowest BCUT2D eigenvalue weighted by Gasteiger charge is -1.83. The summed E-state index contributed by atoms with van der Waals surface area (Å²) in [4.78, 5) is 15.1. The van der Waals surface area contributed by atoms with E-state index in [2.05, 4.69) is 10.1 Å². The molecule has 1 unspecified atom stereocenters. The van der Waals surface area contributed by atoms with Crippen LogP contribution in [-0.2, 0) is 9.63 Å². The van der Waals surface area contributed by atoms with Gasteiger partial charge in [-0.25, -0.2) is 4.79 Å². The lowest BCUT2D eigenvalue weighted by Crippen LogP contribution is -2.18. The number of rotatable bonds is 0. The Balaban J connectivity index is 2.28. The molecular weight excluding hydrogens is 140 g/mol. The number of nitrogens with zero attached hydrogens (tertiary/aromatic N) is 2. The fourth-order valence-electron chi connectivity index (χ4n) is 0.872. The van der Waals surface area contributed by atoms with Crippen LogP contribution >= 0.6 is 11.8 Å². The van der Waals surface area contributed by atoms with Crippen LogP contribution in [0.5, 0.6) is 0 Å². The van der Waals surface area contributed by atoms with E-state index >= 15 is 0 Å². The van der Waals surface area contributed by atoms with Crippen molar-refractivity contribution in [1.82, 2.24) is 0 Å². The second-order valence-electron chi connectivity index (χ2n) is 1.88. The van der Waals surface area contributed by atoms with Gasteiger partial charge in [-0.3, -0.25) is 4.84 Å². The summed E-state index contributed by atoms with van der Waals surface area (Å²) >= 11 is 1.58. The van der Waals surface area contributed by atoms with Gasteiger partial charge in [0.2, 0.25) is 0 Å². The first-order valence-corrected chi connectivity index (χ1v) is 3.73. The van der Waals surface area contributed by atoms with Crippen LogP contribution in [0, 0.1) is 0 Å². The number of hydrogen-bond donors (Lipinski definition) is 0. The van der Waals surface area contributed by atoms with Crippen molar-refractivity contribution in [1.29, 1.82) is 0 Å². The van der Waals surface area contributed by atoms with E-state index in [-0.39, 0.29) is 11.3 Å². The van der Waals surface area contributed by atoms with E-state index in [4.69, 9.17) is 0 Å². The van der Waals surface area contributed by atoms with E-state index in [1.165, 1.54) is 0 Å². The van der Waals surface area contributed by atoms with Crippen LogP contribution in [0.2, 0.25) is 0 Å².